The monoisotopic (exact) mass is 252 g/mol. The van der Waals surface area contributed by atoms with E-state index in [1.807, 2.05) is 0 Å². The van der Waals surface area contributed by atoms with Crippen LogP contribution >= 0.6 is 0 Å². The molecule has 0 heterocycles. The number of hydrogen-bond acceptors (Lipinski definition) is 0. The first-order chi connectivity index (χ1) is 8.91. The standard InChI is InChI=1S/C18H36/c1-3-5-7-9-11-13-15-17-18-16-14-12-10-8-6-4-2/h11,13H,3-10,12,14-18H2,1-2H3/b13-11-. The van der Waals surface area contributed by atoms with Crippen LogP contribution in [0.25, 0.3) is 0 Å². The van der Waals surface area contributed by atoms with Gasteiger partial charge in [0.25, 0.3) is 0 Å². The molecule has 0 bridgehead atoms. The van der Waals surface area contributed by atoms with E-state index in [1.165, 1.54) is 89.9 Å². The fourth-order valence-corrected chi connectivity index (χ4v) is 2.32. The van der Waals surface area contributed by atoms with E-state index in [9.17, 15) is 0 Å². The van der Waals surface area contributed by atoms with Gasteiger partial charge in [0.1, 0.15) is 0 Å². The fourth-order valence-electron chi connectivity index (χ4n) is 2.32. The minimum atomic E-state index is 1.30. The summed E-state index contributed by atoms with van der Waals surface area (Å²) in [7, 11) is 0. The van der Waals surface area contributed by atoms with Crippen LogP contribution in [0.1, 0.15) is 104 Å². The van der Waals surface area contributed by atoms with Crippen molar-refractivity contribution in [3.63, 3.8) is 0 Å². The zero-order valence-corrected chi connectivity index (χ0v) is 13.1. The predicted octanol–water partition coefficient (Wildman–Crippen LogP) is 7.04. The molecule has 0 aromatic carbocycles. The van der Waals surface area contributed by atoms with Crippen molar-refractivity contribution in [3.05, 3.63) is 12.2 Å². The van der Waals surface area contributed by atoms with Crippen LogP contribution in [0.5, 0.6) is 0 Å². The molecule has 108 valence electrons. The van der Waals surface area contributed by atoms with Crippen molar-refractivity contribution in [2.24, 2.45) is 0 Å². The molecule has 0 radical (unpaired) electrons. The molecule has 18 heavy (non-hydrogen) atoms. The second-order valence-corrected chi connectivity index (χ2v) is 5.58. The molecule has 0 aromatic rings. The summed E-state index contributed by atoms with van der Waals surface area (Å²) in [5.41, 5.74) is 0. The Balaban J connectivity index is 2.98. The van der Waals surface area contributed by atoms with Gasteiger partial charge in [-0.15, -0.1) is 0 Å². The lowest BCUT2D eigenvalue weighted by atomic mass is 10.1. The molecule has 0 spiro atoms. The Hall–Kier alpha value is -0.260. The summed E-state index contributed by atoms with van der Waals surface area (Å²) in [6, 6.07) is 0. The maximum Gasteiger partial charge on any atom is -0.0351 e. The van der Waals surface area contributed by atoms with Gasteiger partial charge in [-0.25, -0.2) is 0 Å². The summed E-state index contributed by atoms with van der Waals surface area (Å²) in [6.07, 6.45) is 24.4. The summed E-state index contributed by atoms with van der Waals surface area (Å²) < 4.78 is 0. The van der Waals surface area contributed by atoms with Gasteiger partial charge in [-0.1, -0.05) is 90.2 Å². The van der Waals surface area contributed by atoms with Crippen LogP contribution in [0.3, 0.4) is 0 Å². The molecule has 0 aliphatic carbocycles. The Kier molecular flexibility index (Phi) is 16.5. The van der Waals surface area contributed by atoms with Crippen LogP contribution < -0.4 is 0 Å². The predicted molar refractivity (Wildman–Crippen MR) is 85.1 cm³/mol. The largest absolute Gasteiger partial charge is 0.0885 e. The minimum absolute atomic E-state index is 1.30. The molecule has 0 saturated heterocycles. The van der Waals surface area contributed by atoms with E-state index < -0.39 is 0 Å². The molecular weight excluding hydrogens is 216 g/mol. The number of hydrogen-bond donors (Lipinski definition) is 0. The van der Waals surface area contributed by atoms with Gasteiger partial charge in [0.15, 0.2) is 0 Å². The van der Waals surface area contributed by atoms with Crippen LogP contribution in [0.15, 0.2) is 12.2 Å². The molecule has 0 saturated carbocycles. The van der Waals surface area contributed by atoms with Crippen molar-refractivity contribution in [1.82, 2.24) is 0 Å². The first kappa shape index (κ1) is 17.7. The number of unbranched alkanes of at least 4 members (excludes halogenated alkanes) is 12. The van der Waals surface area contributed by atoms with E-state index in [1.54, 1.807) is 0 Å². The van der Waals surface area contributed by atoms with E-state index in [4.69, 9.17) is 0 Å². The van der Waals surface area contributed by atoms with Gasteiger partial charge < -0.3 is 0 Å². The molecule has 0 amide bonds. The Bertz CT molecular complexity index is 157. The topological polar surface area (TPSA) is 0 Å². The van der Waals surface area contributed by atoms with Crippen molar-refractivity contribution < 1.29 is 0 Å². The first-order valence-electron chi connectivity index (χ1n) is 8.56. The average molecular weight is 252 g/mol. The molecule has 0 unspecified atom stereocenters. The molecule has 0 heteroatoms. The molecule has 0 N–H and O–H groups in total. The Labute approximate surface area is 116 Å². The normalized spacial score (nSPS) is 11.4. The van der Waals surface area contributed by atoms with Crippen LogP contribution in [-0.2, 0) is 0 Å². The lowest BCUT2D eigenvalue weighted by Gasteiger charge is -2.00. The van der Waals surface area contributed by atoms with Gasteiger partial charge in [0.05, 0.1) is 0 Å². The van der Waals surface area contributed by atoms with E-state index in [2.05, 4.69) is 26.0 Å². The summed E-state index contributed by atoms with van der Waals surface area (Å²) >= 11 is 0. The number of allylic oxidation sites excluding steroid dienone is 2. The van der Waals surface area contributed by atoms with Crippen molar-refractivity contribution in [3.8, 4) is 0 Å². The molecule has 0 rings (SSSR count). The van der Waals surface area contributed by atoms with E-state index in [0.29, 0.717) is 0 Å². The third kappa shape index (κ3) is 15.7. The maximum atomic E-state index is 2.40. The average Bonchev–Trinajstić information content (AvgIpc) is 2.39. The Morgan fingerprint density at radius 2 is 0.778 bits per heavy atom. The highest BCUT2D eigenvalue weighted by atomic mass is 14.0. The van der Waals surface area contributed by atoms with Gasteiger partial charge >= 0.3 is 0 Å². The first-order valence-corrected chi connectivity index (χ1v) is 8.56. The third-order valence-electron chi connectivity index (χ3n) is 3.62. The second-order valence-electron chi connectivity index (χ2n) is 5.58. The van der Waals surface area contributed by atoms with Crippen molar-refractivity contribution in [1.29, 1.82) is 0 Å². The van der Waals surface area contributed by atoms with Crippen molar-refractivity contribution >= 4 is 0 Å². The third-order valence-corrected chi connectivity index (χ3v) is 3.62. The lowest BCUT2D eigenvalue weighted by molar-refractivity contribution is 0.566. The molecular formula is C18H36. The van der Waals surface area contributed by atoms with Crippen molar-refractivity contribution in [2.45, 2.75) is 104 Å². The summed E-state index contributed by atoms with van der Waals surface area (Å²) in [5.74, 6) is 0. The molecule has 0 nitrogen and oxygen atoms in total. The number of rotatable bonds is 14. The van der Waals surface area contributed by atoms with E-state index in [-0.39, 0.29) is 0 Å². The second kappa shape index (κ2) is 16.7. The van der Waals surface area contributed by atoms with Crippen LogP contribution in [0.4, 0.5) is 0 Å². The SMILES string of the molecule is CCCCC/C=C\CCCCCCCCCCC. The van der Waals surface area contributed by atoms with Crippen LogP contribution in [0.2, 0.25) is 0 Å². The van der Waals surface area contributed by atoms with Gasteiger partial charge in [0, 0.05) is 0 Å². The Morgan fingerprint density at radius 1 is 0.444 bits per heavy atom. The van der Waals surface area contributed by atoms with Crippen LogP contribution in [-0.4, -0.2) is 0 Å². The highest BCUT2D eigenvalue weighted by molar-refractivity contribution is 4.81. The van der Waals surface area contributed by atoms with Gasteiger partial charge in [-0.3, -0.25) is 0 Å². The van der Waals surface area contributed by atoms with Gasteiger partial charge in [0.2, 0.25) is 0 Å². The zero-order valence-electron chi connectivity index (χ0n) is 13.1. The van der Waals surface area contributed by atoms with Gasteiger partial charge in [-0.2, -0.15) is 0 Å². The zero-order chi connectivity index (χ0) is 13.3. The van der Waals surface area contributed by atoms with E-state index >= 15 is 0 Å². The maximum absolute atomic E-state index is 2.40. The highest BCUT2D eigenvalue weighted by Crippen LogP contribution is 2.10. The summed E-state index contributed by atoms with van der Waals surface area (Å²) in [4.78, 5) is 0. The quantitative estimate of drug-likeness (QED) is 0.230. The molecule has 0 aromatic heterocycles. The van der Waals surface area contributed by atoms with Crippen molar-refractivity contribution in [2.75, 3.05) is 0 Å². The van der Waals surface area contributed by atoms with Gasteiger partial charge in [-0.05, 0) is 25.7 Å². The summed E-state index contributed by atoms with van der Waals surface area (Å²) in [6.45, 7) is 4.56. The molecule has 0 aliphatic rings. The highest BCUT2D eigenvalue weighted by Gasteiger charge is 1.91. The Morgan fingerprint density at radius 3 is 1.28 bits per heavy atom. The van der Waals surface area contributed by atoms with E-state index in [0.717, 1.165) is 0 Å². The minimum Gasteiger partial charge on any atom is -0.0885 e. The summed E-state index contributed by atoms with van der Waals surface area (Å²) in [5, 5.41) is 0. The molecule has 0 atom stereocenters. The smallest absolute Gasteiger partial charge is 0.0351 e. The molecule has 0 fully saturated rings. The fraction of sp³-hybridized carbons (Fsp3) is 0.889. The van der Waals surface area contributed by atoms with Crippen LogP contribution in [0, 0.1) is 0 Å². The lowest BCUT2D eigenvalue weighted by Crippen LogP contribution is -1.80. The molecule has 0 aliphatic heterocycles.